The summed E-state index contributed by atoms with van der Waals surface area (Å²) in [5, 5.41) is 7.86. The summed E-state index contributed by atoms with van der Waals surface area (Å²) >= 11 is 5.89. The lowest BCUT2D eigenvalue weighted by Gasteiger charge is -2.07. The Hall–Kier alpha value is -1.52. The van der Waals surface area contributed by atoms with Gasteiger partial charge in [-0.15, -0.1) is 0 Å². The lowest BCUT2D eigenvalue weighted by atomic mass is 10.2. The van der Waals surface area contributed by atoms with E-state index in [0.717, 1.165) is 23.6 Å². The van der Waals surface area contributed by atoms with E-state index in [1.807, 2.05) is 32.0 Å². The standard InChI is InChI=1S/C14H17ClN2O2/c1-3-16-8-12-7-13(19-17-12)9-18-14-5-4-11(15)6-10(14)2/h4-7,16H,3,8-9H2,1-2H3. The van der Waals surface area contributed by atoms with Gasteiger partial charge in [0.2, 0.25) is 0 Å². The summed E-state index contributed by atoms with van der Waals surface area (Å²) < 4.78 is 10.9. The average molecular weight is 281 g/mol. The Kier molecular flexibility index (Phi) is 4.82. The van der Waals surface area contributed by atoms with Gasteiger partial charge in [-0.2, -0.15) is 0 Å². The van der Waals surface area contributed by atoms with E-state index < -0.39 is 0 Å². The first kappa shape index (κ1) is 13.9. The number of hydrogen-bond acceptors (Lipinski definition) is 4. The first-order valence-corrected chi connectivity index (χ1v) is 6.61. The number of rotatable bonds is 6. The quantitative estimate of drug-likeness (QED) is 0.882. The van der Waals surface area contributed by atoms with Crippen LogP contribution in [-0.4, -0.2) is 11.7 Å². The molecule has 19 heavy (non-hydrogen) atoms. The largest absolute Gasteiger partial charge is 0.485 e. The van der Waals surface area contributed by atoms with E-state index in [4.69, 9.17) is 20.9 Å². The molecule has 0 atom stereocenters. The number of aromatic nitrogens is 1. The summed E-state index contributed by atoms with van der Waals surface area (Å²) in [7, 11) is 0. The minimum Gasteiger partial charge on any atom is -0.485 e. The Bertz CT molecular complexity index is 540. The van der Waals surface area contributed by atoms with Crippen molar-refractivity contribution in [2.24, 2.45) is 0 Å². The van der Waals surface area contributed by atoms with Crippen molar-refractivity contribution in [1.82, 2.24) is 10.5 Å². The van der Waals surface area contributed by atoms with Crippen LogP contribution in [0.3, 0.4) is 0 Å². The molecule has 0 amide bonds. The fourth-order valence-electron chi connectivity index (χ4n) is 1.68. The van der Waals surface area contributed by atoms with Crippen molar-refractivity contribution >= 4 is 11.6 Å². The second kappa shape index (κ2) is 6.59. The maximum atomic E-state index is 5.89. The maximum absolute atomic E-state index is 5.89. The second-order valence-electron chi connectivity index (χ2n) is 4.26. The lowest BCUT2D eigenvalue weighted by Crippen LogP contribution is -2.11. The van der Waals surface area contributed by atoms with Gasteiger partial charge in [-0.05, 0) is 37.2 Å². The average Bonchev–Trinajstić information content (AvgIpc) is 2.83. The SMILES string of the molecule is CCNCc1cc(COc2ccc(Cl)cc2C)on1. The van der Waals surface area contributed by atoms with Crippen LogP contribution in [0.1, 0.15) is 23.9 Å². The van der Waals surface area contributed by atoms with Gasteiger partial charge in [-0.25, -0.2) is 0 Å². The third kappa shape index (κ3) is 3.98. The zero-order chi connectivity index (χ0) is 13.7. The molecule has 0 radical (unpaired) electrons. The van der Waals surface area contributed by atoms with E-state index >= 15 is 0 Å². The van der Waals surface area contributed by atoms with Gasteiger partial charge in [0.1, 0.15) is 12.4 Å². The van der Waals surface area contributed by atoms with Gasteiger partial charge < -0.3 is 14.6 Å². The Balaban J connectivity index is 1.92. The topological polar surface area (TPSA) is 47.3 Å². The van der Waals surface area contributed by atoms with Crippen molar-refractivity contribution < 1.29 is 9.26 Å². The fraction of sp³-hybridized carbons (Fsp3) is 0.357. The van der Waals surface area contributed by atoms with E-state index in [0.29, 0.717) is 23.9 Å². The lowest BCUT2D eigenvalue weighted by molar-refractivity contribution is 0.247. The van der Waals surface area contributed by atoms with Crippen molar-refractivity contribution in [2.75, 3.05) is 6.54 Å². The Morgan fingerprint density at radius 2 is 2.21 bits per heavy atom. The fourth-order valence-corrected chi connectivity index (χ4v) is 1.91. The highest BCUT2D eigenvalue weighted by molar-refractivity contribution is 6.30. The van der Waals surface area contributed by atoms with Crippen molar-refractivity contribution in [1.29, 1.82) is 0 Å². The number of ether oxygens (including phenoxy) is 1. The number of halogens is 1. The molecule has 4 nitrogen and oxygen atoms in total. The van der Waals surface area contributed by atoms with Crippen molar-refractivity contribution in [3.05, 3.63) is 46.3 Å². The molecule has 0 unspecified atom stereocenters. The van der Waals surface area contributed by atoms with Crippen LogP contribution in [0, 0.1) is 6.92 Å². The van der Waals surface area contributed by atoms with Gasteiger partial charge in [0.25, 0.3) is 0 Å². The summed E-state index contributed by atoms with van der Waals surface area (Å²) in [4.78, 5) is 0. The minimum absolute atomic E-state index is 0.363. The molecule has 102 valence electrons. The third-order valence-electron chi connectivity index (χ3n) is 2.67. The Morgan fingerprint density at radius 1 is 1.37 bits per heavy atom. The van der Waals surface area contributed by atoms with Crippen LogP contribution in [0.25, 0.3) is 0 Å². The van der Waals surface area contributed by atoms with Crippen LogP contribution >= 0.6 is 11.6 Å². The first-order valence-electron chi connectivity index (χ1n) is 6.23. The first-order chi connectivity index (χ1) is 9.19. The number of benzene rings is 1. The summed E-state index contributed by atoms with van der Waals surface area (Å²) in [6.07, 6.45) is 0. The molecule has 0 saturated carbocycles. The van der Waals surface area contributed by atoms with Crippen LogP contribution in [-0.2, 0) is 13.2 Å². The highest BCUT2D eigenvalue weighted by Gasteiger charge is 2.06. The van der Waals surface area contributed by atoms with Crippen molar-refractivity contribution in [2.45, 2.75) is 27.0 Å². The molecule has 0 spiro atoms. The van der Waals surface area contributed by atoms with E-state index in [2.05, 4.69) is 10.5 Å². The molecule has 1 N–H and O–H groups in total. The van der Waals surface area contributed by atoms with E-state index in [1.165, 1.54) is 0 Å². The minimum atomic E-state index is 0.363. The zero-order valence-corrected chi connectivity index (χ0v) is 11.8. The molecule has 0 saturated heterocycles. The summed E-state index contributed by atoms with van der Waals surface area (Å²) in [6.45, 7) is 5.98. The number of nitrogens with zero attached hydrogens (tertiary/aromatic N) is 1. The Labute approximate surface area is 117 Å². The molecular formula is C14H17ClN2O2. The zero-order valence-electron chi connectivity index (χ0n) is 11.1. The molecule has 1 heterocycles. The van der Waals surface area contributed by atoms with E-state index in [-0.39, 0.29) is 0 Å². The molecule has 0 aliphatic carbocycles. The molecule has 0 bridgehead atoms. The van der Waals surface area contributed by atoms with Gasteiger partial charge >= 0.3 is 0 Å². The highest BCUT2D eigenvalue weighted by Crippen LogP contribution is 2.22. The predicted octanol–water partition coefficient (Wildman–Crippen LogP) is 3.32. The maximum Gasteiger partial charge on any atom is 0.174 e. The molecule has 2 rings (SSSR count). The summed E-state index contributed by atoms with van der Waals surface area (Å²) in [5.41, 5.74) is 1.88. The van der Waals surface area contributed by atoms with Crippen LogP contribution < -0.4 is 10.1 Å². The molecule has 0 aliphatic rings. The van der Waals surface area contributed by atoms with Crippen LogP contribution in [0.15, 0.2) is 28.8 Å². The van der Waals surface area contributed by atoms with Crippen LogP contribution in [0.4, 0.5) is 0 Å². The van der Waals surface area contributed by atoms with Gasteiger partial charge in [0.05, 0.1) is 5.69 Å². The van der Waals surface area contributed by atoms with Crippen LogP contribution in [0.2, 0.25) is 5.02 Å². The third-order valence-corrected chi connectivity index (χ3v) is 2.91. The normalized spacial score (nSPS) is 10.7. The Morgan fingerprint density at radius 3 is 2.95 bits per heavy atom. The molecule has 0 aliphatic heterocycles. The monoisotopic (exact) mass is 280 g/mol. The van der Waals surface area contributed by atoms with E-state index in [9.17, 15) is 0 Å². The number of hydrogen-bond donors (Lipinski definition) is 1. The molecular weight excluding hydrogens is 264 g/mol. The van der Waals surface area contributed by atoms with E-state index in [1.54, 1.807) is 6.07 Å². The van der Waals surface area contributed by atoms with Gasteiger partial charge in [0.15, 0.2) is 5.76 Å². The van der Waals surface area contributed by atoms with Crippen molar-refractivity contribution in [3.8, 4) is 5.75 Å². The smallest absolute Gasteiger partial charge is 0.174 e. The van der Waals surface area contributed by atoms with Gasteiger partial charge in [-0.1, -0.05) is 23.7 Å². The number of aryl methyl sites for hydroxylation is 1. The van der Waals surface area contributed by atoms with Crippen molar-refractivity contribution in [3.63, 3.8) is 0 Å². The summed E-state index contributed by atoms with van der Waals surface area (Å²) in [6, 6.07) is 7.43. The van der Waals surface area contributed by atoms with Gasteiger partial charge in [-0.3, -0.25) is 0 Å². The molecule has 0 fully saturated rings. The summed E-state index contributed by atoms with van der Waals surface area (Å²) in [5.74, 6) is 1.51. The molecule has 5 heteroatoms. The van der Waals surface area contributed by atoms with Crippen LogP contribution in [0.5, 0.6) is 5.75 Å². The van der Waals surface area contributed by atoms with Gasteiger partial charge in [0, 0.05) is 17.6 Å². The molecule has 2 aromatic rings. The predicted molar refractivity (Wildman–Crippen MR) is 74.4 cm³/mol. The molecule has 1 aromatic carbocycles. The second-order valence-corrected chi connectivity index (χ2v) is 4.70. The highest BCUT2D eigenvalue weighted by atomic mass is 35.5. The number of nitrogens with one attached hydrogen (secondary N) is 1. The molecule has 1 aromatic heterocycles.